The van der Waals surface area contributed by atoms with Crippen LogP contribution >= 0.6 is 0 Å². The van der Waals surface area contributed by atoms with Gasteiger partial charge in [0.25, 0.3) is 0 Å². The number of halogens is 1. The molecule has 0 amide bonds. The summed E-state index contributed by atoms with van der Waals surface area (Å²) in [6, 6.07) is 10.6. The van der Waals surface area contributed by atoms with Crippen molar-refractivity contribution in [2.24, 2.45) is 0 Å². The molecule has 6 heteroatoms. The van der Waals surface area contributed by atoms with Gasteiger partial charge in [0.05, 0.1) is 11.4 Å². The third-order valence-electron chi connectivity index (χ3n) is 3.81. The Kier molecular flexibility index (Phi) is 4.52. The van der Waals surface area contributed by atoms with Crippen molar-refractivity contribution in [2.45, 2.75) is 33.0 Å². The lowest BCUT2D eigenvalue weighted by molar-refractivity contribution is 0.537. The van der Waals surface area contributed by atoms with Crippen LogP contribution in [-0.2, 0) is 13.1 Å². The highest BCUT2D eigenvalue weighted by atomic mass is 19.1. The lowest BCUT2D eigenvalue weighted by Crippen LogP contribution is -2.19. The average molecular weight is 313 g/mol. The third-order valence-corrected chi connectivity index (χ3v) is 3.81. The highest BCUT2D eigenvalue weighted by Gasteiger charge is 2.11. The molecule has 23 heavy (non-hydrogen) atoms. The Morgan fingerprint density at radius 3 is 2.87 bits per heavy atom. The van der Waals surface area contributed by atoms with Gasteiger partial charge in [-0.25, -0.2) is 4.39 Å². The van der Waals surface area contributed by atoms with Gasteiger partial charge in [-0.1, -0.05) is 12.1 Å². The molecule has 1 unspecified atom stereocenters. The van der Waals surface area contributed by atoms with Gasteiger partial charge in [0.1, 0.15) is 5.82 Å². The van der Waals surface area contributed by atoms with Crippen molar-refractivity contribution >= 4 is 0 Å². The minimum atomic E-state index is -0.267. The number of rotatable bonds is 6. The second-order valence-electron chi connectivity index (χ2n) is 5.46. The van der Waals surface area contributed by atoms with Crippen LogP contribution in [-0.4, -0.2) is 20.0 Å². The minimum Gasteiger partial charge on any atom is -0.303 e. The first-order chi connectivity index (χ1) is 11.2. The third kappa shape index (κ3) is 3.48. The lowest BCUT2D eigenvalue weighted by atomic mass is 10.1. The van der Waals surface area contributed by atoms with Gasteiger partial charge in [0.15, 0.2) is 0 Å². The Balaban J connectivity index is 1.64. The fourth-order valence-corrected chi connectivity index (χ4v) is 2.41. The number of H-pyrrole nitrogens is 1. The summed E-state index contributed by atoms with van der Waals surface area (Å²) in [6.07, 6.45) is 1.97. The maximum Gasteiger partial charge on any atom is 0.132 e. The Labute approximate surface area is 134 Å². The Morgan fingerprint density at radius 1 is 1.30 bits per heavy atom. The smallest absolute Gasteiger partial charge is 0.132 e. The maximum absolute atomic E-state index is 13.8. The van der Waals surface area contributed by atoms with Crippen LogP contribution in [0.1, 0.15) is 31.3 Å². The number of nitrogens with one attached hydrogen (secondary N) is 2. The molecule has 3 aromatic rings. The molecule has 1 aromatic carbocycles. The zero-order valence-corrected chi connectivity index (χ0v) is 13.3. The molecular formula is C17H20FN5. The maximum atomic E-state index is 13.8. The summed E-state index contributed by atoms with van der Waals surface area (Å²) in [5, 5.41) is 15.0. The molecule has 0 radical (unpaired) electrons. The second kappa shape index (κ2) is 6.75. The molecule has 2 N–H and O–H groups in total. The van der Waals surface area contributed by atoms with Gasteiger partial charge in [-0.05, 0) is 38.1 Å². The Hall–Kier alpha value is -2.47. The van der Waals surface area contributed by atoms with Crippen LogP contribution < -0.4 is 5.32 Å². The molecule has 0 bridgehead atoms. The summed E-state index contributed by atoms with van der Waals surface area (Å²) in [5.74, 6) is -0.267. The van der Waals surface area contributed by atoms with E-state index in [9.17, 15) is 4.39 Å². The highest BCUT2D eigenvalue weighted by Crippen LogP contribution is 2.21. The summed E-state index contributed by atoms with van der Waals surface area (Å²) in [5.41, 5.74) is 3.03. The van der Waals surface area contributed by atoms with E-state index in [0.717, 1.165) is 17.9 Å². The fourth-order valence-electron chi connectivity index (χ4n) is 2.41. The standard InChI is InChI=1S/C17H20FN5/c1-3-23-9-8-16(22-23)12(2)19-11-13-10-17(21-20-13)14-6-4-5-7-15(14)18/h4-10,12,19H,3,11H2,1-2H3,(H,20,21). The molecule has 0 saturated heterocycles. The highest BCUT2D eigenvalue weighted by molar-refractivity contribution is 5.59. The van der Waals surface area contributed by atoms with E-state index in [4.69, 9.17) is 0 Å². The first-order valence-corrected chi connectivity index (χ1v) is 7.73. The van der Waals surface area contributed by atoms with Gasteiger partial charge in [-0.3, -0.25) is 9.78 Å². The molecule has 2 aromatic heterocycles. The van der Waals surface area contributed by atoms with E-state index in [2.05, 4.69) is 34.5 Å². The number of hydrogen-bond acceptors (Lipinski definition) is 3. The summed E-state index contributed by atoms with van der Waals surface area (Å²) in [7, 11) is 0. The molecule has 3 rings (SSSR count). The Bertz CT molecular complexity index is 777. The molecule has 0 aliphatic heterocycles. The van der Waals surface area contributed by atoms with E-state index in [-0.39, 0.29) is 11.9 Å². The van der Waals surface area contributed by atoms with E-state index < -0.39 is 0 Å². The van der Waals surface area contributed by atoms with Gasteiger partial charge in [-0.2, -0.15) is 10.2 Å². The molecule has 2 heterocycles. The summed E-state index contributed by atoms with van der Waals surface area (Å²) in [6.45, 7) is 5.60. The van der Waals surface area contributed by atoms with Crippen LogP contribution in [0.3, 0.4) is 0 Å². The summed E-state index contributed by atoms with van der Waals surface area (Å²) >= 11 is 0. The van der Waals surface area contributed by atoms with Crippen molar-refractivity contribution in [3.8, 4) is 11.3 Å². The van der Waals surface area contributed by atoms with Crippen LogP contribution in [0, 0.1) is 5.82 Å². The molecule has 5 nitrogen and oxygen atoms in total. The fraction of sp³-hybridized carbons (Fsp3) is 0.294. The van der Waals surface area contributed by atoms with E-state index in [1.807, 2.05) is 23.0 Å². The number of nitrogens with zero attached hydrogens (tertiary/aromatic N) is 3. The largest absolute Gasteiger partial charge is 0.303 e. The SMILES string of the molecule is CCn1ccc(C(C)NCc2cc(-c3ccccc3F)n[nH]2)n1. The summed E-state index contributed by atoms with van der Waals surface area (Å²) in [4.78, 5) is 0. The van der Waals surface area contributed by atoms with Crippen molar-refractivity contribution in [1.82, 2.24) is 25.3 Å². The molecule has 0 fully saturated rings. The first kappa shape index (κ1) is 15.4. The minimum absolute atomic E-state index is 0.128. The topological polar surface area (TPSA) is 58.5 Å². The molecular weight excluding hydrogens is 293 g/mol. The van der Waals surface area contributed by atoms with Crippen LogP contribution in [0.5, 0.6) is 0 Å². The predicted molar refractivity (Wildman–Crippen MR) is 87.1 cm³/mol. The average Bonchev–Trinajstić information content (AvgIpc) is 3.22. The van der Waals surface area contributed by atoms with Gasteiger partial charge in [0, 0.05) is 36.6 Å². The molecule has 1 atom stereocenters. The molecule has 0 aliphatic rings. The second-order valence-corrected chi connectivity index (χ2v) is 5.46. The molecule has 120 valence electrons. The number of hydrogen-bond donors (Lipinski definition) is 2. The van der Waals surface area contributed by atoms with Crippen molar-refractivity contribution < 1.29 is 4.39 Å². The van der Waals surface area contributed by atoms with Crippen LogP contribution in [0.25, 0.3) is 11.3 Å². The molecule has 0 spiro atoms. The summed E-state index contributed by atoms with van der Waals surface area (Å²) < 4.78 is 15.7. The van der Waals surface area contributed by atoms with Crippen LogP contribution in [0.2, 0.25) is 0 Å². The van der Waals surface area contributed by atoms with E-state index in [1.54, 1.807) is 18.2 Å². The van der Waals surface area contributed by atoms with Crippen molar-refractivity contribution in [2.75, 3.05) is 0 Å². The zero-order valence-electron chi connectivity index (χ0n) is 13.3. The normalized spacial score (nSPS) is 12.5. The van der Waals surface area contributed by atoms with E-state index >= 15 is 0 Å². The number of aryl methyl sites for hydroxylation is 1. The predicted octanol–water partition coefficient (Wildman–Crippen LogP) is 3.28. The van der Waals surface area contributed by atoms with E-state index in [0.29, 0.717) is 17.8 Å². The van der Waals surface area contributed by atoms with E-state index in [1.165, 1.54) is 6.07 Å². The Morgan fingerprint density at radius 2 is 2.13 bits per heavy atom. The lowest BCUT2D eigenvalue weighted by Gasteiger charge is -2.10. The van der Waals surface area contributed by atoms with Crippen LogP contribution in [0.15, 0.2) is 42.6 Å². The van der Waals surface area contributed by atoms with Gasteiger partial charge >= 0.3 is 0 Å². The molecule has 0 saturated carbocycles. The van der Waals surface area contributed by atoms with Gasteiger partial charge in [0.2, 0.25) is 0 Å². The molecule has 0 aliphatic carbocycles. The number of aromatic nitrogens is 4. The quantitative estimate of drug-likeness (QED) is 0.734. The zero-order chi connectivity index (χ0) is 16.2. The van der Waals surface area contributed by atoms with Crippen molar-refractivity contribution in [3.05, 3.63) is 59.8 Å². The van der Waals surface area contributed by atoms with Gasteiger partial charge < -0.3 is 5.32 Å². The monoisotopic (exact) mass is 313 g/mol. The van der Waals surface area contributed by atoms with Crippen molar-refractivity contribution in [1.29, 1.82) is 0 Å². The number of aromatic amines is 1. The number of benzene rings is 1. The van der Waals surface area contributed by atoms with Crippen LogP contribution in [0.4, 0.5) is 4.39 Å². The van der Waals surface area contributed by atoms with Crippen molar-refractivity contribution in [3.63, 3.8) is 0 Å². The van der Waals surface area contributed by atoms with Gasteiger partial charge in [-0.15, -0.1) is 0 Å². The first-order valence-electron chi connectivity index (χ1n) is 7.73.